The summed E-state index contributed by atoms with van der Waals surface area (Å²) < 4.78 is 11.1. The Morgan fingerprint density at radius 2 is 2.07 bits per heavy atom. The number of aliphatic hydroxyl groups excluding tert-OH is 1. The van der Waals surface area contributed by atoms with Gasteiger partial charge in [-0.3, -0.25) is 0 Å². The molecule has 1 heterocycles. The molecule has 3 heteroatoms. The van der Waals surface area contributed by atoms with Gasteiger partial charge in [0, 0.05) is 0 Å². The summed E-state index contributed by atoms with van der Waals surface area (Å²) in [6, 6.07) is 0. The molecule has 1 aliphatic rings. The van der Waals surface area contributed by atoms with Gasteiger partial charge in [0.15, 0.2) is 5.79 Å². The summed E-state index contributed by atoms with van der Waals surface area (Å²) in [7, 11) is 0. The van der Waals surface area contributed by atoms with Gasteiger partial charge in [0.05, 0.1) is 0 Å². The third-order valence-corrected chi connectivity index (χ3v) is 2.21. The lowest BCUT2D eigenvalue weighted by molar-refractivity contribution is -0.150. The van der Waals surface area contributed by atoms with Gasteiger partial charge in [-0.2, -0.15) is 0 Å². The van der Waals surface area contributed by atoms with Gasteiger partial charge in [-0.15, -0.1) is 6.58 Å². The maximum Gasteiger partial charge on any atom is 0.164 e. The minimum Gasteiger partial charge on any atom is -0.386 e. The zero-order chi connectivity index (χ0) is 10.9. The number of ether oxygens (including phenoxy) is 2. The van der Waals surface area contributed by atoms with Crippen molar-refractivity contribution >= 4 is 0 Å². The summed E-state index contributed by atoms with van der Waals surface area (Å²) in [5.41, 5.74) is 0.670. The van der Waals surface area contributed by atoms with Gasteiger partial charge in [-0.05, 0) is 26.3 Å². The lowest BCUT2D eigenvalue weighted by atomic mass is 10.0. The summed E-state index contributed by atoms with van der Waals surface area (Å²) in [4.78, 5) is 0. The van der Waals surface area contributed by atoms with Crippen molar-refractivity contribution in [1.82, 2.24) is 0 Å². The van der Waals surface area contributed by atoms with E-state index in [1.54, 1.807) is 13.0 Å². The van der Waals surface area contributed by atoms with E-state index in [1.807, 2.05) is 13.8 Å². The first-order valence-corrected chi connectivity index (χ1v) is 4.69. The van der Waals surface area contributed by atoms with Gasteiger partial charge in [-0.1, -0.05) is 12.7 Å². The van der Waals surface area contributed by atoms with Crippen molar-refractivity contribution in [3.63, 3.8) is 0 Å². The summed E-state index contributed by atoms with van der Waals surface area (Å²) in [6.45, 7) is 12.7. The van der Waals surface area contributed by atoms with E-state index in [0.717, 1.165) is 0 Å². The van der Waals surface area contributed by atoms with Gasteiger partial charge in [0.2, 0.25) is 0 Å². The highest BCUT2D eigenvalue weighted by molar-refractivity contribution is 5.07. The Bertz CT molecular complexity index is 245. The Balaban J connectivity index is 2.78. The van der Waals surface area contributed by atoms with Crippen LogP contribution in [0, 0.1) is 0 Å². The monoisotopic (exact) mass is 198 g/mol. The molecule has 3 atom stereocenters. The van der Waals surface area contributed by atoms with Crippen molar-refractivity contribution in [3.8, 4) is 0 Å². The molecule has 0 saturated carbocycles. The molecular formula is C11H18O3. The molecule has 0 aromatic carbocycles. The average molecular weight is 198 g/mol. The Morgan fingerprint density at radius 3 is 2.50 bits per heavy atom. The van der Waals surface area contributed by atoms with E-state index in [-0.39, 0.29) is 6.10 Å². The van der Waals surface area contributed by atoms with Crippen LogP contribution in [0.4, 0.5) is 0 Å². The van der Waals surface area contributed by atoms with Crippen molar-refractivity contribution in [2.45, 2.75) is 44.9 Å². The zero-order valence-corrected chi connectivity index (χ0v) is 8.99. The second-order valence-electron chi connectivity index (χ2n) is 4.09. The zero-order valence-electron chi connectivity index (χ0n) is 8.99. The molecule has 0 spiro atoms. The summed E-state index contributed by atoms with van der Waals surface area (Å²) >= 11 is 0. The molecule has 0 unspecified atom stereocenters. The first kappa shape index (κ1) is 11.4. The van der Waals surface area contributed by atoms with Crippen molar-refractivity contribution < 1.29 is 14.6 Å². The maximum absolute atomic E-state index is 9.81. The van der Waals surface area contributed by atoms with Crippen LogP contribution in [-0.2, 0) is 9.47 Å². The van der Waals surface area contributed by atoms with Crippen molar-refractivity contribution in [3.05, 3.63) is 24.8 Å². The van der Waals surface area contributed by atoms with Gasteiger partial charge in [0.1, 0.15) is 18.3 Å². The Hall–Kier alpha value is -0.640. The lowest BCUT2D eigenvalue weighted by Gasteiger charge is -2.21. The first-order valence-electron chi connectivity index (χ1n) is 4.69. The summed E-state index contributed by atoms with van der Waals surface area (Å²) in [5, 5.41) is 9.81. The van der Waals surface area contributed by atoms with Gasteiger partial charge < -0.3 is 14.6 Å². The molecule has 14 heavy (non-hydrogen) atoms. The van der Waals surface area contributed by atoms with Crippen LogP contribution in [0.5, 0.6) is 0 Å². The standard InChI is InChI=1S/C11H18O3/c1-6-8-10(9(12)7(2)3)14-11(4,5)13-8/h6,8-10,12H,1-2H2,3-5H3/t8-,9-,10-/m1/s1. The maximum atomic E-state index is 9.81. The second kappa shape index (κ2) is 3.85. The SMILES string of the molecule is C=C[C@H]1OC(C)(C)O[C@H]1[C@H](O)C(=C)C. The lowest BCUT2D eigenvalue weighted by Crippen LogP contribution is -2.35. The molecule has 0 bridgehead atoms. The third-order valence-electron chi connectivity index (χ3n) is 2.21. The van der Waals surface area contributed by atoms with E-state index < -0.39 is 18.0 Å². The molecular weight excluding hydrogens is 180 g/mol. The fraction of sp³-hybridized carbons (Fsp3) is 0.636. The van der Waals surface area contributed by atoms with Gasteiger partial charge in [0.25, 0.3) is 0 Å². The molecule has 80 valence electrons. The molecule has 0 amide bonds. The summed E-state index contributed by atoms with van der Waals surface area (Å²) in [5.74, 6) is -0.667. The predicted molar refractivity (Wildman–Crippen MR) is 54.8 cm³/mol. The van der Waals surface area contributed by atoms with Crippen LogP contribution in [0.1, 0.15) is 20.8 Å². The number of rotatable bonds is 3. The molecule has 1 saturated heterocycles. The average Bonchev–Trinajstić information content (AvgIpc) is 2.39. The van der Waals surface area contributed by atoms with Crippen LogP contribution >= 0.6 is 0 Å². The van der Waals surface area contributed by atoms with Crippen molar-refractivity contribution in [2.75, 3.05) is 0 Å². The van der Waals surface area contributed by atoms with Gasteiger partial charge >= 0.3 is 0 Å². The fourth-order valence-electron chi connectivity index (χ4n) is 1.52. The third kappa shape index (κ3) is 2.23. The fourth-order valence-corrected chi connectivity index (χ4v) is 1.52. The predicted octanol–water partition coefficient (Wildman–Crippen LogP) is 1.63. The smallest absolute Gasteiger partial charge is 0.164 e. The second-order valence-corrected chi connectivity index (χ2v) is 4.09. The topological polar surface area (TPSA) is 38.7 Å². The van der Waals surface area contributed by atoms with Crippen molar-refractivity contribution in [2.24, 2.45) is 0 Å². The molecule has 0 aromatic rings. The van der Waals surface area contributed by atoms with Crippen LogP contribution < -0.4 is 0 Å². The highest BCUT2D eigenvalue weighted by Crippen LogP contribution is 2.31. The molecule has 0 aliphatic carbocycles. The first-order chi connectivity index (χ1) is 6.37. The minimum absolute atomic E-state index is 0.281. The van der Waals surface area contributed by atoms with Crippen LogP contribution in [0.2, 0.25) is 0 Å². The van der Waals surface area contributed by atoms with Crippen LogP contribution in [0.25, 0.3) is 0 Å². The van der Waals surface area contributed by atoms with E-state index in [9.17, 15) is 5.11 Å². The molecule has 1 N–H and O–H groups in total. The largest absolute Gasteiger partial charge is 0.386 e. The van der Waals surface area contributed by atoms with E-state index >= 15 is 0 Å². The Morgan fingerprint density at radius 1 is 1.50 bits per heavy atom. The highest BCUT2D eigenvalue weighted by atomic mass is 16.8. The van der Waals surface area contributed by atoms with Gasteiger partial charge in [-0.25, -0.2) is 0 Å². The Kier molecular flexibility index (Phi) is 3.14. The number of hydrogen-bond acceptors (Lipinski definition) is 3. The van der Waals surface area contributed by atoms with Crippen LogP contribution in [-0.4, -0.2) is 29.2 Å². The molecule has 0 radical (unpaired) electrons. The van der Waals surface area contributed by atoms with E-state index in [2.05, 4.69) is 13.2 Å². The quantitative estimate of drug-likeness (QED) is 0.700. The van der Waals surface area contributed by atoms with Crippen molar-refractivity contribution in [1.29, 1.82) is 0 Å². The molecule has 3 nitrogen and oxygen atoms in total. The molecule has 1 rings (SSSR count). The normalized spacial score (nSPS) is 32.6. The minimum atomic E-state index is -0.709. The van der Waals surface area contributed by atoms with Crippen LogP contribution in [0.15, 0.2) is 24.8 Å². The number of hydrogen-bond donors (Lipinski definition) is 1. The van der Waals surface area contributed by atoms with E-state index in [4.69, 9.17) is 9.47 Å². The van der Waals surface area contributed by atoms with E-state index in [0.29, 0.717) is 5.57 Å². The Labute approximate surface area is 85.0 Å². The molecule has 1 aliphatic heterocycles. The number of aliphatic hydroxyl groups is 1. The highest BCUT2D eigenvalue weighted by Gasteiger charge is 2.43. The molecule has 1 fully saturated rings. The van der Waals surface area contributed by atoms with Crippen LogP contribution in [0.3, 0.4) is 0 Å². The molecule has 0 aromatic heterocycles. The summed E-state index contributed by atoms with van der Waals surface area (Å²) in [6.07, 6.45) is 0.252. The van der Waals surface area contributed by atoms with E-state index in [1.165, 1.54) is 0 Å².